The molecule has 1 aromatic heterocycles. The molecule has 2 heteroatoms. The van der Waals surface area contributed by atoms with Gasteiger partial charge in [-0.05, 0) is 48.4 Å². The molecule has 1 aliphatic carbocycles. The number of aromatic nitrogens is 1. The van der Waals surface area contributed by atoms with Gasteiger partial charge in [-0.15, -0.1) is 0 Å². The van der Waals surface area contributed by atoms with Gasteiger partial charge in [-0.25, -0.2) is 0 Å². The highest BCUT2D eigenvalue weighted by Gasteiger charge is 2.09. The van der Waals surface area contributed by atoms with Crippen molar-refractivity contribution in [1.82, 2.24) is 4.98 Å². The van der Waals surface area contributed by atoms with E-state index in [0.717, 1.165) is 12.1 Å². The van der Waals surface area contributed by atoms with Gasteiger partial charge >= 0.3 is 0 Å². The molecule has 1 heterocycles. The van der Waals surface area contributed by atoms with Crippen molar-refractivity contribution in [2.45, 2.75) is 25.7 Å². The summed E-state index contributed by atoms with van der Waals surface area (Å²) in [4.78, 5) is 6.44. The number of halogens is 1. The van der Waals surface area contributed by atoms with E-state index >= 15 is 0 Å². The minimum absolute atomic E-state index is 1.05. The summed E-state index contributed by atoms with van der Waals surface area (Å²) in [6.07, 6.45) is 6.96. The first kappa shape index (κ1) is 8.95. The number of hydrogen-bond donors (Lipinski definition) is 0. The first-order valence-corrected chi connectivity index (χ1v) is 5.57. The molecule has 1 aliphatic rings. The van der Waals surface area contributed by atoms with Crippen LogP contribution in [0, 0.1) is 0 Å². The van der Waals surface area contributed by atoms with Gasteiger partial charge < -0.3 is 0 Å². The van der Waals surface area contributed by atoms with E-state index in [1.165, 1.54) is 30.5 Å². The molecule has 0 unspecified atom stereocenters. The van der Waals surface area contributed by atoms with Crippen molar-refractivity contribution in [2.75, 3.05) is 0 Å². The molecular weight excluding hydrogens is 226 g/mol. The SMILES string of the molecule is Br/C=C\c1ccc2c(n1)CCCC2. The summed E-state index contributed by atoms with van der Waals surface area (Å²) in [5, 5.41) is 0. The molecule has 1 nitrogen and oxygen atoms in total. The summed E-state index contributed by atoms with van der Waals surface area (Å²) in [6.45, 7) is 0. The van der Waals surface area contributed by atoms with Crippen LogP contribution in [0.4, 0.5) is 0 Å². The fourth-order valence-electron chi connectivity index (χ4n) is 1.76. The second-order valence-electron chi connectivity index (χ2n) is 3.34. The van der Waals surface area contributed by atoms with Crippen LogP contribution in [0.15, 0.2) is 17.1 Å². The maximum absolute atomic E-state index is 4.59. The normalized spacial score (nSPS) is 16.1. The van der Waals surface area contributed by atoms with E-state index in [-0.39, 0.29) is 0 Å². The van der Waals surface area contributed by atoms with Gasteiger partial charge in [-0.1, -0.05) is 22.0 Å². The second kappa shape index (κ2) is 4.05. The molecular formula is C11H12BrN. The van der Waals surface area contributed by atoms with Crippen LogP contribution in [0.5, 0.6) is 0 Å². The topological polar surface area (TPSA) is 12.9 Å². The third kappa shape index (κ3) is 1.99. The van der Waals surface area contributed by atoms with Crippen LogP contribution in [0.2, 0.25) is 0 Å². The summed E-state index contributed by atoms with van der Waals surface area (Å²) >= 11 is 3.26. The number of aryl methyl sites for hydroxylation is 2. The Morgan fingerprint density at radius 3 is 2.92 bits per heavy atom. The van der Waals surface area contributed by atoms with E-state index in [1.54, 1.807) is 0 Å². The van der Waals surface area contributed by atoms with Crippen molar-refractivity contribution >= 4 is 22.0 Å². The molecule has 1 aromatic rings. The molecule has 0 saturated heterocycles. The van der Waals surface area contributed by atoms with Gasteiger partial charge in [0.15, 0.2) is 0 Å². The molecule has 2 rings (SSSR count). The lowest BCUT2D eigenvalue weighted by Gasteiger charge is -2.14. The lowest BCUT2D eigenvalue weighted by molar-refractivity contribution is 0.667. The van der Waals surface area contributed by atoms with Crippen molar-refractivity contribution in [2.24, 2.45) is 0 Å². The van der Waals surface area contributed by atoms with E-state index < -0.39 is 0 Å². The van der Waals surface area contributed by atoms with Crippen molar-refractivity contribution in [1.29, 1.82) is 0 Å². The summed E-state index contributed by atoms with van der Waals surface area (Å²) in [5.74, 6) is 0. The number of pyridine rings is 1. The van der Waals surface area contributed by atoms with Gasteiger partial charge in [-0.2, -0.15) is 0 Å². The van der Waals surface area contributed by atoms with Crippen LogP contribution in [-0.2, 0) is 12.8 Å². The molecule has 0 aliphatic heterocycles. The summed E-state index contributed by atoms with van der Waals surface area (Å²) in [7, 11) is 0. The molecule has 13 heavy (non-hydrogen) atoms. The van der Waals surface area contributed by atoms with E-state index in [2.05, 4.69) is 33.0 Å². The fraction of sp³-hybridized carbons (Fsp3) is 0.364. The number of fused-ring (bicyclic) bond motifs is 1. The Morgan fingerprint density at radius 1 is 1.23 bits per heavy atom. The molecule has 0 fully saturated rings. The van der Waals surface area contributed by atoms with Crippen LogP contribution < -0.4 is 0 Å². The molecule has 0 spiro atoms. The molecule has 0 saturated carbocycles. The molecule has 0 N–H and O–H groups in total. The van der Waals surface area contributed by atoms with Gasteiger partial charge in [-0.3, -0.25) is 4.98 Å². The minimum Gasteiger partial charge on any atom is -0.253 e. The Morgan fingerprint density at radius 2 is 2.08 bits per heavy atom. The zero-order valence-electron chi connectivity index (χ0n) is 7.46. The fourth-order valence-corrected chi connectivity index (χ4v) is 2.03. The number of hydrogen-bond acceptors (Lipinski definition) is 1. The van der Waals surface area contributed by atoms with Crippen LogP contribution in [0.3, 0.4) is 0 Å². The highest BCUT2D eigenvalue weighted by Crippen LogP contribution is 2.19. The van der Waals surface area contributed by atoms with Gasteiger partial charge in [0.2, 0.25) is 0 Å². The quantitative estimate of drug-likeness (QED) is 0.731. The maximum atomic E-state index is 4.59. The third-order valence-electron chi connectivity index (χ3n) is 2.43. The first-order chi connectivity index (χ1) is 6.40. The van der Waals surface area contributed by atoms with E-state index in [1.807, 2.05) is 11.1 Å². The van der Waals surface area contributed by atoms with Gasteiger partial charge in [0, 0.05) is 5.69 Å². The molecule has 0 amide bonds. The number of rotatable bonds is 1. The smallest absolute Gasteiger partial charge is 0.0638 e. The minimum atomic E-state index is 1.05. The lowest BCUT2D eigenvalue weighted by atomic mass is 9.96. The third-order valence-corrected chi connectivity index (χ3v) is 2.70. The van der Waals surface area contributed by atoms with E-state index in [4.69, 9.17) is 0 Å². The molecule has 0 atom stereocenters. The van der Waals surface area contributed by atoms with Crippen LogP contribution in [-0.4, -0.2) is 4.98 Å². The van der Waals surface area contributed by atoms with Crippen LogP contribution in [0.25, 0.3) is 6.08 Å². The summed E-state index contributed by atoms with van der Waals surface area (Å²) in [6, 6.07) is 4.30. The predicted molar refractivity (Wildman–Crippen MR) is 58.8 cm³/mol. The van der Waals surface area contributed by atoms with Crippen LogP contribution >= 0.6 is 15.9 Å². The molecule has 0 bridgehead atoms. The maximum Gasteiger partial charge on any atom is 0.0638 e. The Labute approximate surface area is 87.0 Å². The second-order valence-corrected chi connectivity index (χ2v) is 3.87. The first-order valence-electron chi connectivity index (χ1n) is 4.66. The Hall–Kier alpha value is -0.630. The monoisotopic (exact) mass is 237 g/mol. The molecule has 0 radical (unpaired) electrons. The van der Waals surface area contributed by atoms with Crippen molar-refractivity contribution < 1.29 is 0 Å². The average molecular weight is 238 g/mol. The van der Waals surface area contributed by atoms with Crippen molar-refractivity contribution in [3.8, 4) is 0 Å². The highest BCUT2D eigenvalue weighted by molar-refractivity contribution is 9.11. The standard InChI is InChI=1S/C11H12BrN/c12-8-7-10-6-5-9-3-1-2-4-11(9)13-10/h5-8H,1-4H2/b8-7-. The largest absolute Gasteiger partial charge is 0.253 e. The predicted octanol–water partition coefficient (Wildman–Crippen LogP) is 3.33. The summed E-state index contributed by atoms with van der Waals surface area (Å²) in [5.41, 5.74) is 3.80. The highest BCUT2D eigenvalue weighted by atomic mass is 79.9. The van der Waals surface area contributed by atoms with E-state index in [9.17, 15) is 0 Å². The molecule has 0 aromatic carbocycles. The Bertz CT molecular complexity index is 331. The average Bonchev–Trinajstić information content (AvgIpc) is 2.18. The van der Waals surface area contributed by atoms with Crippen molar-refractivity contribution in [3.05, 3.63) is 34.1 Å². The number of nitrogens with zero attached hydrogens (tertiary/aromatic N) is 1. The zero-order chi connectivity index (χ0) is 9.10. The van der Waals surface area contributed by atoms with Gasteiger partial charge in [0.05, 0.1) is 5.69 Å². The summed E-state index contributed by atoms with van der Waals surface area (Å²) < 4.78 is 0. The Balaban J connectivity index is 2.35. The Kier molecular flexibility index (Phi) is 2.79. The van der Waals surface area contributed by atoms with Gasteiger partial charge in [0.1, 0.15) is 0 Å². The van der Waals surface area contributed by atoms with E-state index in [0.29, 0.717) is 0 Å². The van der Waals surface area contributed by atoms with Crippen LogP contribution in [0.1, 0.15) is 29.8 Å². The lowest BCUT2D eigenvalue weighted by Crippen LogP contribution is -2.05. The van der Waals surface area contributed by atoms with Gasteiger partial charge in [0.25, 0.3) is 0 Å². The molecule has 68 valence electrons. The zero-order valence-corrected chi connectivity index (χ0v) is 9.05. The van der Waals surface area contributed by atoms with Crippen molar-refractivity contribution in [3.63, 3.8) is 0 Å².